The van der Waals surface area contributed by atoms with Crippen molar-refractivity contribution in [3.05, 3.63) is 0 Å². The van der Waals surface area contributed by atoms with Crippen molar-refractivity contribution in [1.29, 1.82) is 0 Å². The Bertz CT molecular complexity index is 13.6. The third kappa shape index (κ3) is 3400. The van der Waals surface area contributed by atoms with Crippen LogP contribution in [0.4, 0.5) is 32.0 Å². The van der Waals surface area contributed by atoms with E-state index in [2.05, 4.69) is 0 Å². The first-order valence-electron chi connectivity index (χ1n) is 0.655. The van der Waals surface area contributed by atoms with Crippen LogP contribution in [0.5, 0.6) is 0 Å². The Morgan fingerprint density at radius 1 is 0.667 bits per heavy atom. The summed E-state index contributed by atoms with van der Waals surface area (Å²) in [7, 11) is 0. The number of halogens is 7. The summed E-state index contributed by atoms with van der Waals surface area (Å²) in [5, 5.41) is 0. The Morgan fingerprint density at radius 3 is 0.667 bits per heavy atom. The van der Waals surface area contributed by atoms with Gasteiger partial charge in [0.1, 0.15) is 0 Å². The predicted octanol–water partition coefficient (Wildman–Crippen LogP) is 0.337. The van der Waals surface area contributed by atoms with Crippen LogP contribution in [-0.2, 0) is 0 Å². The molecule has 0 aliphatic rings. The molecule has 66 valence electrons. The fraction of sp³-hybridized carbons (Fsp3) is 1.00. The van der Waals surface area contributed by atoms with E-state index in [-0.39, 0.29) is 29.8 Å². The van der Waals surface area contributed by atoms with Gasteiger partial charge in [-0.3, -0.25) is 18.8 Å². The Hall–Kier alpha value is -0.273. The number of alkyl halides is 3. The normalized spacial score (nSPS) is 4.00. The molecule has 0 aliphatic heterocycles. The molecule has 0 rings (SSSR count). The van der Waals surface area contributed by atoms with Crippen LogP contribution in [0.15, 0.2) is 0 Å². The van der Waals surface area contributed by atoms with E-state index in [4.69, 9.17) is 0 Å². The van der Waals surface area contributed by atoms with Gasteiger partial charge in [-0.05, 0) is 11.0 Å². The lowest BCUT2D eigenvalue weighted by atomic mass is 11.6. The minimum absolute atomic E-state index is 0. The summed E-state index contributed by atoms with van der Waals surface area (Å²) in [4.78, 5) is 0. The molecule has 0 aliphatic carbocycles. The van der Waals surface area contributed by atoms with E-state index in [0.717, 1.165) is 0 Å². The van der Waals surface area contributed by atoms with E-state index in [0.29, 0.717) is 0 Å². The highest BCUT2D eigenvalue weighted by Crippen LogP contribution is 1.87. The monoisotopic (exact) mass is 182 g/mol. The van der Waals surface area contributed by atoms with Gasteiger partial charge in [0.2, 0.25) is 0 Å². The average molecular weight is 182 g/mol. The summed E-state index contributed by atoms with van der Waals surface area (Å²) >= 11 is 0. The molecule has 8 heteroatoms. The molecule has 0 heterocycles. The van der Waals surface area contributed by atoms with Gasteiger partial charge in [-0.15, -0.1) is 0 Å². The van der Waals surface area contributed by atoms with Crippen LogP contribution in [-0.4, -0.2) is 17.6 Å². The topological polar surface area (TPSA) is 0 Å². The highest BCUT2D eigenvalue weighted by atomic mass is 28.1. The Kier molecular flexibility index (Phi) is 366. The zero-order valence-electron chi connectivity index (χ0n) is 3.34. The summed E-state index contributed by atoms with van der Waals surface area (Å²) in [6, 6.07) is 0. The van der Waals surface area contributed by atoms with Crippen molar-refractivity contribution in [1.82, 2.24) is 0 Å². The molecule has 0 aromatic heterocycles. The van der Waals surface area contributed by atoms with Crippen molar-refractivity contribution in [3.63, 3.8) is 0 Å². The third-order valence-corrected chi connectivity index (χ3v) is 0. The SMILES string of the molecule is F.F.F.F.FC(F)F.[SiH4]. The van der Waals surface area contributed by atoms with Gasteiger partial charge in [-0.25, -0.2) is 0 Å². The fourth-order valence-corrected chi connectivity index (χ4v) is 0. The zero-order valence-corrected chi connectivity index (χ0v) is 3.34. The summed E-state index contributed by atoms with van der Waals surface area (Å²) in [5.41, 5.74) is 0. The maximum Gasteiger partial charge on any atom is 0.379 e. The predicted molar refractivity (Wildman–Crippen MR) is 28.5 cm³/mol. The van der Waals surface area contributed by atoms with Gasteiger partial charge in [0.05, 0.1) is 0 Å². The molecule has 0 atom stereocenters. The van der Waals surface area contributed by atoms with Crippen LogP contribution in [0.2, 0.25) is 0 Å². The second kappa shape index (κ2) is 47.0. The molecule has 0 radical (unpaired) electrons. The molecule has 0 fully saturated rings. The molecule has 0 N–H and O–H groups in total. The van der Waals surface area contributed by atoms with Gasteiger partial charge in [-0.1, -0.05) is 0 Å². The first-order chi connectivity index (χ1) is 1.73. The smallest absolute Gasteiger partial charge is 0.269 e. The average Bonchev–Trinajstić information content (AvgIpc) is 0.811. The first kappa shape index (κ1) is 70.1. The number of rotatable bonds is 0. The van der Waals surface area contributed by atoms with Crippen LogP contribution in [0.3, 0.4) is 0 Å². The van der Waals surface area contributed by atoms with Crippen LogP contribution in [0, 0.1) is 0 Å². The minimum atomic E-state index is -3.67. The quantitative estimate of drug-likeness (QED) is 0.374. The summed E-state index contributed by atoms with van der Waals surface area (Å²) in [6.45, 7) is -3.67. The van der Waals surface area contributed by atoms with Gasteiger partial charge in [-0.2, -0.15) is 13.2 Å². The molecule has 9 heavy (non-hydrogen) atoms. The molecule has 0 unspecified atom stereocenters. The van der Waals surface area contributed by atoms with Crippen molar-refractivity contribution in [2.75, 3.05) is 0 Å². The second-order valence-electron chi connectivity index (χ2n) is 0.247. The molecule has 0 aromatic carbocycles. The van der Waals surface area contributed by atoms with E-state index < -0.39 is 6.68 Å². The van der Waals surface area contributed by atoms with E-state index in [1.807, 2.05) is 0 Å². The van der Waals surface area contributed by atoms with Crippen LogP contribution in [0.25, 0.3) is 0 Å². The van der Waals surface area contributed by atoms with Crippen LogP contribution in [0.1, 0.15) is 0 Å². The van der Waals surface area contributed by atoms with Crippen molar-refractivity contribution in [3.8, 4) is 0 Å². The molecular weight excluding hydrogens is 173 g/mol. The van der Waals surface area contributed by atoms with E-state index in [1.54, 1.807) is 0 Å². The lowest BCUT2D eigenvalue weighted by Gasteiger charge is -1.65. The molecule has 0 nitrogen and oxygen atoms in total. The highest BCUT2D eigenvalue weighted by molar-refractivity contribution is 5.75. The summed E-state index contributed by atoms with van der Waals surface area (Å²) in [5.74, 6) is 0. The number of hydrogen-bond acceptors (Lipinski definition) is 0. The van der Waals surface area contributed by atoms with Crippen LogP contribution < -0.4 is 0 Å². The number of hydrogen-bond donors (Lipinski definition) is 0. The van der Waals surface area contributed by atoms with Gasteiger partial charge in [0.25, 0.3) is 0 Å². The molecule has 0 saturated carbocycles. The minimum Gasteiger partial charge on any atom is -0.269 e. The third-order valence-electron chi connectivity index (χ3n) is 0. The maximum atomic E-state index is 9.67. The standard InChI is InChI=1S/CHF3.4FH.H4Si/c2-1(3)4;;;;;/h1H;4*1H;1H4. The van der Waals surface area contributed by atoms with Gasteiger partial charge in [0, 0.05) is 0 Å². The Morgan fingerprint density at radius 2 is 0.667 bits per heavy atom. The lowest BCUT2D eigenvalue weighted by molar-refractivity contribution is 0.00819. The summed E-state index contributed by atoms with van der Waals surface area (Å²) in [6.07, 6.45) is 0. The molecule has 0 saturated heterocycles. The zero-order chi connectivity index (χ0) is 3.58. The Labute approximate surface area is 50.9 Å². The molecule has 0 amide bonds. The largest absolute Gasteiger partial charge is 0.379 e. The van der Waals surface area contributed by atoms with Crippen molar-refractivity contribution in [2.45, 2.75) is 6.68 Å². The van der Waals surface area contributed by atoms with E-state index >= 15 is 0 Å². The first-order valence-corrected chi connectivity index (χ1v) is 0.655. The van der Waals surface area contributed by atoms with Crippen molar-refractivity contribution in [2.24, 2.45) is 0 Å². The van der Waals surface area contributed by atoms with Crippen molar-refractivity contribution < 1.29 is 32.0 Å². The Balaban J connectivity index is -0.00000000450. The molecular formula is CH9F7Si. The summed E-state index contributed by atoms with van der Waals surface area (Å²) < 4.78 is 29.0. The van der Waals surface area contributed by atoms with Crippen LogP contribution >= 0.6 is 0 Å². The second-order valence-corrected chi connectivity index (χ2v) is 0.247. The lowest BCUT2D eigenvalue weighted by Crippen LogP contribution is -1.65. The van der Waals surface area contributed by atoms with Gasteiger partial charge >= 0.3 is 6.68 Å². The van der Waals surface area contributed by atoms with Gasteiger partial charge < -0.3 is 0 Å². The fourth-order valence-electron chi connectivity index (χ4n) is 0. The molecule has 0 aromatic rings. The van der Waals surface area contributed by atoms with Gasteiger partial charge in [0.15, 0.2) is 0 Å². The maximum absolute atomic E-state index is 9.67. The van der Waals surface area contributed by atoms with Crippen molar-refractivity contribution >= 4 is 11.0 Å². The van der Waals surface area contributed by atoms with E-state index in [1.165, 1.54) is 0 Å². The molecule has 0 bridgehead atoms. The highest BCUT2D eigenvalue weighted by Gasteiger charge is 1.86. The molecule has 0 spiro atoms. The van der Waals surface area contributed by atoms with E-state index in [9.17, 15) is 13.2 Å².